The number of hydrogen-bond acceptors (Lipinski definition) is 3. The number of hydrogen-bond donors (Lipinski definition) is 1. The van der Waals surface area contributed by atoms with Gasteiger partial charge in [0.05, 0.1) is 6.04 Å². The van der Waals surface area contributed by atoms with Crippen LogP contribution in [0.3, 0.4) is 0 Å². The molecule has 1 unspecified atom stereocenters. The van der Waals surface area contributed by atoms with Gasteiger partial charge >= 0.3 is 0 Å². The zero-order valence-corrected chi connectivity index (χ0v) is 13.9. The molecular formula is C18H22FN3O2. The Bertz CT molecular complexity index is 726. The van der Waals surface area contributed by atoms with Crippen molar-refractivity contribution in [2.75, 3.05) is 20.6 Å². The number of carbonyl (C=O) groups is 1. The van der Waals surface area contributed by atoms with E-state index < -0.39 is 0 Å². The Hall–Kier alpha value is -2.47. The van der Waals surface area contributed by atoms with E-state index in [4.69, 9.17) is 0 Å². The monoisotopic (exact) mass is 331 g/mol. The number of benzene rings is 1. The maximum atomic E-state index is 13.0. The second kappa shape index (κ2) is 8.40. The van der Waals surface area contributed by atoms with Gasteiger partial charge in [0.2, 0.25) is 5.91 Å². The summed E-state index contributed by atoms with van der Waals surface area (Å²) in [5.74, 6) is -0.409. The fraction of sp³-hybridized carbons (Fsp3) is 0.333. The fourth-order valence-electron chi connectivity index (χ4n) is 2.45. The van der Waals surface area contributed by atoms with Crippen molar-refractivity contribution in [1.29, 1.82) is 0 Å². The fourth-order valence-corrected chi connectivity index (χ4v) is 2.45. The van der Waals surface area contributed by atoms with Crippen LogP contribution in [0.4, 0.5) is 4.39 Å². The predicted octanol–water partition coefficient (Wildman–Crippen LogP) is 1.80. The van der Waals surface area contributed by atoms with Crippen molar-refractivity contribution in [3.63, 3.8) is 0 Å². The molecule has 0 aliphatic rings. The van der Waals surface area contributed by atoms with E-state index in [1.165, 1.54) is 22.8 Å². The van der Waals surface area contributed by atoms with E-state index in [9.17, 15) is 14.0 Å². The Morgan fingerprint density at radius 3 is 2.54 bits per heavy atom. The van der Waals surface area contributed by atoms with Gasteiger partial charge in [0, 0.05) is 31.8 Å². The highest BCUT2D eigenvalue weighted by molar-refractivity contribution is 5.75. The smallest absolute Gasteiger partial charge is 0.250 e. The Kier molecular flexibility index (Phi) is 6.26. The van der Waals surface area contributed by atoms with Gasteiger partial charge in [0.15, 0.2) is 0 Å². The van der Waals surface area contributed by atoms with E-state index in [0.717, 1.165) is 5.56 Å². The standard InChI is InChI=1S/C18H22FN3O2/c1-21(2)16(14-6-8-15(19)9-7-14)13-20-17(23)10-12-22-11-4-3-5-18(22)24/h3-9,11,16H,10,12-13H2,1-2H3,(H,20,23). The average Bonchev–Trinajstić information content (AvgIpc) is 2.55. The van der Waals surface area contributed by atoms with Crippen LogP contribution in [-0.2, 0) is 11.3 Å². The molecule has 2 aromatic rings. The van der Waals surface area contributed by atoms with Gasteiger partial charge in [0.25, 0.3) is 5.56 Å². The number of aromatic nitrogens is 1. The number of pyridine rings is 1. The molecule has 0 saturated carbocycles. The molecule has 0 radical (unpaired) electrons. The van der Waals surface area contributed by atoms with Crippen LogP contribution in [0.25, 0.3) is 0 Å². The van der Waals surface area contributed by atoms with Crippen molar-refractivity contribution in [3.8, 4) is 0 Å². The molecule has 1 atom stereocenters. The minimum absolute atomic E-state index is 0.0472. The van der Waals surface area contributed by atoms with Crippen LogP contribution in [0.5, 0.6) is 0 Å². The first-order valence-electron chi connectivity index (χ1n) is 7.81. The molecule has 5 nitrogen and oxygen atoms in total. The Morgan fingerprint density at radius 2 is 1.92 bits per heavy atom. The van der Waals surface area contributed by atoms with Crippen LogP contribution < -0.4 is 10.9 Å². The average molecular weight is 331 g/mol. The number of likely N-dealkylation sites (N-methyl/N-ethyl adjacent to an activating group) is 1. The van der Waals surface area contributed by atoms with E-state index in [1.807, 2.05) is 19.0 Å². The van der Waals surface area contributed by atoms with E-state index in [0.29, 0.717) is 13.1 Å². The third-order valence-electron chi connectivity index (χ3n) is 3.85. The Morgan fingerprint density at radius 1 is 1.21 bits per heavy atom. The Balaban J connectivity index is 1.89. The highest BCUT2D eigenvalue weighted by Crippen LogP contribution is 2.17. The second-order valence-electron chi connectivity index (χ2n) is 5.82. The van der Waals surface area contributed by atoms with E-state index in [1.54, 1.807) is 30.5 Å². The summed E-state index contributed by atoms with van der Waals surface area (Å²) >= 11 is 0. The van der Waals surface area contributed by atoms with Crippen LogP contribution in [-0.4, -0.2) is 36.0 Å². The highest BCUT2D eigenvalue weighted by atomic mass is 19.1. The number of amides is 1. The third-order valence-corrected chi connectivity index (χ3v) is 3.85. The lowest BCUT2D eigenvalue weighted by molar-refractivity contribution is -0.121. The number of carbonyl (C=O) groups excluding carboxylic acids is 1. The zero-order valence-electron chi connectivity index (χ0n) is 13.9. The molecule has 0 aliphatic heterocycles. The first-order valence-corrected chi connectivity index (χ1v) is 7.81. The van der Waals surface area contributed by atoms with Crippen LogP contribution in [0, 0.1) is 5.82 Å². The van der Waals surface area contributed by atoms with Crippen molar-refractivity contribution in [3.05, 3.63) is 70.4 Å². The summed E-state index contributed by atoms with van der Waals surface area (Å²) in [6.45, 7) is 0.760. The SMILES string of the molecule is CN(C)C(CNC(=O)CCn1ccccc1=O)c1ccc(F)cc1. The highest BCUT2D eigenvalue weighted by Gasteiger charge is 2.15. The van der Waals surface area contributed by atoms with Gasteiger partial charge in [-0.1, -0.05) is 18.2 Å². The molecule has 0 fully saturated rings. The molecule has 0 saturated heterocycles. The molecule has 6 heteroatoms. The molecule has 0 spiro atoms. The number of nitrogens with one attached hydrogen (secondary N) is 1. The predicted molar refractivity (Wildman–Crippen MR) is 91.2 cm³/mol. The molecule has 2 rings (SSSR count). The van der Waals surface area contributed by atoms with Crippen LogP contribution in [0.1, 0.15) is 18.0 Å². The van der Waals surface area contributed by atoms with Crippen LogP contribution in [0.15, 0.2) is 53.5 Å². The molecule has 1 N–H and O–H groups in total. The van der Waals surface area contributed by atoms with Gasteiger partial charge in [-0.2, -0.15) is 0 Å². The molecule has 0 bridgehead atoms. The number of rotatable bonds is 7. The summed E-state index contributed by atoms with van der Waals surface area (Å²) in [5.41, 5.74) is 0.809. The molecular weight excluding hydrogens is 309 g/mol. The topological polar surface area (TPSA) is 54.3 Å². The number of halogens is 1. The largest absolute Gasteiger partial charge is 0.354 e. The summed E-state index contributed by atoms with van der Waals surface area (Å²) in [6.07, 6.45) is 1.89. The zero-order chi connectivity index (χ0) is 17.5. The lowest BCUT2D eigenvalue weighted by atomic mass is 10.1. The van der Waals surface area contributed by atoms with Crippen LogP contribution in [0.2, 0.25) is 0 Å². The molecule has 1 amide bonds. The molecule has 128 valence electrons. The minimum Gasteiger partial charge on any atom is -0.354 e. The summed E-state index contributed by atoms with van der Waals surface area (Å²) < 4.78 is 14.6. The number of nitrogens with zero attached hydrogens (tertiary/aromatic N) is 2. The first-order chi connectivity index (χ1) is 11.5. The summed E-state index contributed by atoms with van der Waals surface area (Å²) in [4.78, 5) is 25.6. The van der Waals surface area contributed by atoms with Gasteiger partial charge in [0.1, 0.15) is 5.82 Å². The van der Waals surface area contributed by atoms with Gasteiger partial charge in [-0.25, -0.2) is 4.39 Å². The molecule has 0 aliphatic carbocycles. The molecule has 1 aromatic carbocycles. The normalized spacial score (nSPS) is 12.2. The maximum Gasteiger partial charge on any atom is 0.250 e. The molecule has 1 aromatic heterocycles. The maximum absolute atomic E-state index is 13.0. The van der Waals surface area contributed by atoms with Gasteiger partial charge < -0.3 is 14.8 Å². The second-order valence-corrected chi connectivity index (χ2v) is 5.82. The van der Waals surface area contributed by atoms with Gasteiger partial charge in [-0.15, -0.1) is 0 Å². The summed E-state index contributed by atoms with van der Waals surface area (Å²) in [5, 5.41) is 2.88. The summed E-state index contributed by atoms with van der Waals surface area (Å²) in [6, 6.07) is 11.1. The lowest BCUT2D eigenvalue weighted by Crippen LogP contribution is -2.35. The van der Waals surface area contributed by atoms with E-state index in [2.05, 4.69) is 5.32 Å². The number of aryl methyl sites for hydroxylation is 1. The minimum atomic E-state index is -0.284. The van der Waals surface area contributed by atoms with E-state index in [-0.39, 0.29) is 29.7 Å². The quantitative estimate of drug-likeness (QED) is 0.842. The molecule has 1 heterocycles. The third kappa shape index (κ3) is 5.03. The van der Waals surface area contributed by atoms with Crippen molar-refractivity contribution in [2.24, 2.45) is 0 Å². The lowest BCUT2D eigenvalue weighted by Gasteiger charge is -2.25. The van der Waals surface area contributed by atoms with E-state index >= 15 is 0 Å². The first kappa shape index (κ1) is 17.9. The van der Waals surface area contributed by atoms with Crippen molar-refractivity contribution >= 4 is 5.91 Å². The van der Waals surface area contributed by atoms with Gasteiger partial charge in [-0.05, 0) is 37.9 Å². The summed E-state index contributed by atoms with van der Waals surface area (Å²) in [7, 11) is 3.81. The van der Waals surface area contributed by atoms with Crippen molar-refractivity contribution in [1.82, 2.24) is 14.8 Å². The van der Waals surface area contributed by atoms with Crippen LogP contribution >= 0.6 is 0 Å². The molecule has 24 heavy (non-hydrogen) atoms. The Labute approximate surface area is 140 Å². The van der Waals surface area contributed by atoms with Crippen molar-refractivity contribution in [2.45, 2.75) is 19.0 Å². The van der Waals surface area contributed by atoms with Crippen molar-refractivity contribution < 1.29 is 9.18 Å². The van der Waals surface area contributed by atoms with Gasteiger partial charge in [-0.3, -0.25) is 9.59 Å².